The molecule has 2 aliphatic rings. The lowest BCUT2D eigenvalue weighted by Gasteiger charge is -2.36. The molecule has 0 unspecified atom stereocenters. The topological polar surface area (TPSA) is 85.8 Å². The van der Waals surface area contributed by atoms with E-state index in [1.54, 1.807) is 21.1 Å². The van der Waals surface area contributed by atoms with Crippen molar-refractivity contribution in [3.63, 3.8) is 0 Å². The van der Waals surface area contributed by atoms with Crippen LogP contribution in [0.3, 0.4) is 0 Å². The highest BCUT2D eigenvalue weighted by atomic mass is 32.1. The Kier molecular flexibility index (Phi) is 8.34. The Bertz CT molecular complexity index is 1460. The van der Waals surface area contributed by atoms with Crippen molar-refractivity contribution in [1.29, 1.82) is 0 Å². The van der Waals surface area contributed by atoms with E-state index in [0.29, 0.717) is 36.7 Å². The van der Waals surface area contributed by atoms with Crippen LogP contribution in [0.15, 0.2) is 60.3 Å². The van der Waals surface area contributed by atoms with Gasteiger partial charge in [0.05, 0.1) is 28.2 Å². The van der Waals surface area contributed by atoms with Gasteiger partial charge in [0.2, 0.25) is 5.91 Å². The van der Waals surface area contributed by atoms with E-state index >= 15 is 0 Å². The molecule has 2 aromatic carbocycles. The first-order valence-electron chi connectivity index (χ1n) is 14.4. The third-order valence-corrected chi connectivity index (χ3v) is 9.29. The molecule has 2 N–H and O–H groups in total. The van der Waals surface area contributed by atoms with Crippen LogP contribution in [0.1, 0.15) is 72.8 Å². The molecule has 0 aliphatic carbocycles. The number of aryl methyl sites for hydroxylation is 1. The number of likely N-dealkylation sites (tertiary alicyclic amines) is 1. The number of aliphatic hydroxyl groups excluding tert-OH is 1. The molecular formula is C33H40N4O3S. The molecule has 0 saturated carbocycles. The second kappa shape index (κ2) is 11.8. The van der Waals surface area contributed by atoms with Crippen LogP contribution < -0.4 is 5.32 Å². The fourth-order valence-corrected chi connectivity index (χ4v) is 6.98. The largest absolute Gasteiger partial charge is 0.391 e. The molecule has 216 valence electrons. The molecule has 41 heavy (non-hydrogen) atoms. The Labute approximate surface area is 246 Å². The lowest BCUT2D eigenvalue weighted by atomic mass is 9.94. The van der Waals surface area contributed by atoms with Gasteiger partial charge in [0.15, 0.2) is 0 Å². The number of nitrogens with zero attached hydrogens (tertiary/aromatic N) is 3. The smallest absolute Gasteiger partial charge is 0.255 e. The van der Waals surface area contributed by atoms with Crippen LogP contribution >= 0.6 is 11.3 Å². The van der Waals surface area contributed by atoms with E-state index < -0.39 is 12.1 Å². The molecule has 7 nitrogen and oxygen atoms in total. The monoisotopic (exact) mass is 572 g/mol. The van der Waals surface area contributed by atoms with E-state index in [2.05, 4.69) is 48.9 Å². The van der Waals surface area contributed by atoms with Crippen LogP contribution in [0.25, 0.3) is 10.4 Å². The van der Waals surface area contributed by atoms with Crippen molar-refractivity contribution in [2.24, 2.45) is 5.92 Å². The van der Waals surface area contributed by atoms with Crippen molar-refractivity contribution >= 4 is 23.2 Å². The standard InChI is InChI=1S/C33H40N4O3S/c1-19(2)28-13-23(31-22(6)35-18-41-31)11-12-24(28)15-34-21(5)29-14-26(38)17-36(29)33(40)30(20(3)4)37-16-25-9-7-8-10-27(25)32(37)39/h7-13,18-20,26,29-30,34,38H,5,14-17H2,1-4,6H3/t26-,29+,30+/m1/s1. The third kappa shape index (κ3) is 5.68. The lowest BCUT2D eigenvalue weighted by molar-refractivity contribution is -0.138. The Balaban J connectivity index is 1.32. The average Bonchev–Trinajstić information content (AvgIpc) is 3.64. The SMILES string of the molecule is C=C(NCc1ccc(-c2scnc2C)cc1C(C)C)[C@@H]1C[C@@H](O)CN1C(=O)[C@H](C(C)C)N1Cc2ccccc2C1=O. The fourth-order valence-electron chi connectivity index (χ4n) is 6.18. The van der Waals surface area contributed by atoms with E-state index in [9.17, 15) is 14.7 Å². The van der Waals surface area contributed by atoms with Crippen LogP contribution in [0.2, 0.25) is 0 Å². The lowest BCUT2D eigenvalue weighted by Crippen LogP contribution is -2.53. The summed E-state index contributed by atoms with van der Waals surface area (Å²) in [6.07, 6.45) is -0.230. The number of aromatic nitrogens is 1. The van der Waals surface area contributed by atoms with Gasteiger partial charge in [-0.1, -0.05) is 64.6 Å². The van der Waals surface area contributed by atoms with E-state index in [0.717, 1.165) is 11.3 Å². The molecule has 2 amide bonds. The molecule has 0 bridgehead atoms. The number of carbonyl (C=O) groups excluding carboxylic acids is 2. The number of thiazole rings is 1. The number of rotatable bonds is 9. The molecule has 8 heteroatoms. The Morgan fingerprint density at radius 3 is 2.61 bits per heavy atom. The van der Waals surface area contributed by atoms with Crippen molar-refractivity contribution in [3.05, 3.63) is 88.2 Å². The third-order valence-electron chi connectivity index (χ3n) is 8.32. The number of hydrogen-bond donors (Lipinski definition) is 2. The predicted molar refractivity (Wildman–Crippen MR) is 163 cm³/mol. The molecule has 0 radical (unpaired) electrons. The second-order valence-electron chi connectivity index (χ2n) is 11.9. The summed E-state index contributed by atoms with van der Waals surface area (Å²) >= 11 is 1.65. The van der Waals surface area contributed by atoms with Crippen LogP contribution in [0.4, 0.5) is 0 Å². The van der Waals surface area contributed by atoms with E-state index in [1.807, 2.05) is 50.5 Å². The first kappa shape index (κ1) is 29.0. The van der Waals surface area contributed by atoms with Crippen molar-refractivity contribution < 1.29 is 14.7 Å². The molecule has 2 aliphatic heterocycles. The predicted octanol–water partition coefficient (Wildman–Crippen LogP) is 5.49. The molecule has 5 rings (SSSR count). The molecule has 1 fully saturated rings. The molecule has 3 heterocycles. The van der Waals surface area contributed by atoms with Gasteiger partial charge in [-0.25, -0.2) is 4.98 Å². The van der Waals surface area contributed by atoms with Crippen LogP contribution in [0.5, 0.6) is 0 Å². The first-order valence-corrected chi connectivity index (χ1v) is 15.3. The van der Waals surface area contributed by atoms with Crippen LogP contribution in [-0.4, -0.2) is 56.4 Å². The number of carbonyl (C=O) groups is 2. The van der Waals surface area contributed by atoms with Gasteiger partial charge in [0.25, 0.3) is 5.91 Å². The summed E-state index contributed by atoms with van der Waals surface area (Å²) in [5, 5.41) is 14.1. The highest BCUT2D eigenvalue weighted by molar-refractivity contribution is 7.13. The Morgan fingerprint density at radius 2 is 1.95 bits per heavy atom. The minimum absolute atomic E-state index is 0.0883. The molecule has 0 spiro atoms. The molecule has 1 saturated heterocycles. The summed E-state index contributed by atoms with van der Waals surface area (Å²) in [7, 11) is 0. The Morgan fingerprint density at radius 1 is 1.20 bits per heavy atom. The van der Waals surface area contributed by atoms with Crippen LogP contribution in [0, 0.1) is 12.8 Å². The second-order valence-corrected chi connectivity index (χ2v) is 12.7. The van der Waals surface area contributed by atoms with Gasteiger partial charge in [0, 0.05) is 37.3 Å². The zero-order chi connectivity index (χ0) is 29.4. The minimum Gasteiger partial charge on any atom is -0.391 e. The maximum Gasteiger partial charge on any atom is 0.255 e. The van der Waals surface area contributed by atoms with Crippen molar-refractivity contribution in [2.45, 2.75) is 78.2 Å². The van der Waals surface area contributed by atoms with Gasteiger partial charge in [-0.2, -0.15) is 0 Å². The maximum atomic E-state index is 14.1. The number of hydrogen-bond acceptors (Lipinski definition) is 6. The van der Waals surface area contributed by atoms with Gasteiger partial charge < -0.3 is 20.2 Å². The van der Waals surface area contributed by atoms with Gasteiger partial charge in [-0.3, -0.25) is 9.59 Å². The normalized spacial score (nSPS) is 19.3. The Hall–Kier alpha value is -3.49. The summed E-state index contributed by atoms with van der Waals surface area (Å²) in [4.78, 5) is 36.4. The summed E-state index contributed by atoms with van der Waals surface area (Å²) < 4.78 is 0. The number of β-amino-alcohol motifs (C(OH)–C–C–N with tert-alkyl or cyclic N) is 1. The van der Waals surface area contributed by atoms with E-state index in [4.69, 9.17) is 0 Å². The minimum atomic E-state index is -0.644. The molecule has 1 aromatic heterocycles. The van der Waals surface area contributed by atoms with Crippen LogP contribution in [-0.2, 0) is 17.9 Å². The van der Waals surface area contributed by atoms with E-state index in [1.165, 1.54) is 21.6 Å². The number of fused-ring (bicyclic) bond motifs is 1. The number of aliphatic hydroxyl groups is 1. The summed E-state index contributed by atoms with van der Waals surface area (Å²) in [6, 6.07) is 13.1. The van der Waals surface area contributed by atoms with E-state index in [-0.39, 0.29) is 30.3 Å². The first-order chi connectivity index (χ1) is 19.6. The molecular weight excluding hydrogens is 532 g/mol. The van der Waals surface area contributed by atoms with Gasteiger partial charge >= 0.3 is 0 Å². The highest BCUT2D eigenvalue weighted by Gasteiger charge is 2.44. The highest BCUT2D eigenvalue weighted by Crippen LogP contribution is 2.33. The molecule has 3 atom stereocenters. The van der Waals surface area contributed by atoms with Crippen molar-refractivity contribution in [2.75, 3.05) is 6.54 Å². The number of amides is 2. The van der Waals surface area contributed by atoms with Gasteiger partial charge in [-0.05, 0) is 53.1 Å². The zero-order valence-corrected chi connectivity index (χ0v) is 25.4. The summed E-state index contributed by atoms with van der Waals surface area (Å²) in [5.74, 6) is -0.0138. The van der Waals surface area contributed by atoms with Crippen molar-refractivity contribution in [3.8, 4) is 10.4 Å². The van der Waals surface area contributed by atoms with Gasteiger partial charge in [0.1, 0.15) is 6.04 Å². The average molecular weight is 573 g/mol. The quantitative estimate of drug-likeness (QED) is 0.354. The number of nitrogens with one attached hydrogen (secondary N) is 1. The van der Waals surface area contributed by atoms with Gasteiger partial charge in [-0.15, -0.1) is 11.3 Å². The molecule has 3 aromatic rings. The summed E-state index contributed by atoms with van der Waals surface area (Å²) in [5.41, 5.74) is 8.81. The zero-order valence-electron chi connectivity index (χ0n) is 24.6. The fraction of sp³-hybridized carbons (Fsp3) is 0.424. The summed E-state index contributed by atoms with van der Waals surface area (Å²) in [6.45, 7) is 15.9. The van der Waals surface area contributed by atoms with Crippen molar-refractivity contribution in [1.82, 2.24) is 20.1 Å². The number of benzene rings is 2. The maximum absolute atomic E-state index is 14.1.